The van der Waals surface area contributed by atoms with Crippen LogP contribution >= 0.6 is 0 Å². The minimum absolute atomic E-state index is 0.0354. The van der Waals surface area contributed by atoms with Crippen LogP contribution in [-0.4, -0.2) is 367 Å². The van der Waals surface area contributed by atoms with Crippen LogP contribution in [0.15, 0.2) is 0 Å². The molecule has 11 fully saturated rings. The Morgan fingerprint density at radius 3 is 1.43 bits per heavy atom. The summed E-state index contributed by atoms with van der Waals surface area (Å²) in [6.07, 6.45) is -52.2. The molecular formula is C63H106O35. The van der Waals surface area contributed by atoms with Gasteiger partial charge in [0.25, 0.3) is 0 Å². The van der Waals surface area contributed by atoms with Crippen molar-refractivity contribution in [2.75, 3.05) is 46.2 Å². The Hall–Kier alpha value is -1.40. The molecule has 0 spiro atoms. The number of ether oxygens (including phenoxy) is 13. The van der Waals surface area contributed by atoms with E-state index in [-0.39, 0.29) is 65.0 Å². The first kappa shape index (κ1) is 77.7. The van der Waals surface area contributed by atoms with E-state index < -0.39 is 242 Å². The highest BCUT2D eigenvalue weighted by Crippen LogP contribution is 2.71. The highest BCUT2D eigenvalue weighted by Gasteiger charge is 2.69. The quantitative estimate of drug-likeness (QED) is 0.0448. The van der Waals surface area contributed by atoms with Gasteiger partial charge in [-0.15, -0.1) is 0 Å². The van der Waals surface area contributed by atoms with Gasteiger partial charge in [-0.3, -0.25) is 0 Å². The third-order valence-electron chi connectivity index (χ3n) is 24.4. The molecule has 568 valence electrons. The van der Waals surface area contributed by atoms with Crippen LogP contribution in [0.4, 0.5) is 0 Å². The third-order valence-corrected chi connectivity index (χ3v) is 24.4. The van der Waals surface area contributed by atoms with Crippen molar-refractivity contribution in [1.82, 2.24) is 0 Å². The third kappa shape index (κ3) is 14.3. The Kier molecular flexibility index (Phi) is 24.7. The van der Waals surface area contributed by atoms with Gasteiger partial charge < -0.3 is 174 Å². The van der Waals surface area contributed by atoms with Gasteiger partial charge in [-0.2, -0.15) is 0 Å². The monoisotopic (exact) mass is 1420 g/mol. The summed E-state index contributed by atoms with van der Waals surface area (Å²) in [7, 11) is 0. The van der Waals surface area contributed by atoms with E-state index in [1.165, 1.54) is 0 Å². The summed E-state index contributed by atoms with van der Waals surface area (Å²) in [5.74, 6) is -0.883. The van der Waals surface area contributed by atoms with Crippen LogP contribution in [0.3, 0.4) is 0 Å². The number of aliphatic hydroxyl groups is 22. The zero-order valence-electron chi connectivity index (χ0n) is 55.1. The molecule has 0 aromatic heterocycles. The van der Waals surface area contributed by atoms with Gasteiger partial charge in [-0.05, 0) is 97.7 Å². The topological polar surface area (TPSA) is 565 Å². The molecule has 0 aromatic rings. The van der Waals surface area contributed by atoms with Crippen LogP contribution in [0.25, 0.3) is 0 Å². The largest absolute Gasteiger partial charge is 0.394 e. The van der Waals surface area contributed by atoms with Crippen LogP contribution in [0.5, 0.6) is 0 Å². The van der Waals surface area contributed by atoms with E-state index in [1.807, 2.05) is 6.92 Å². The molecule has 22 N–H and O–H groups in total. The van der Waals surface area contributed by atoms with E-state index in [2.05, 4.69) is 20.8 Å². The lowest BCUT2D eigenvalue weighted by atomic mass is 9.44. The molecule has 35 nitrogen and oxygen atoms in total. The maximum Gasteiger partial charge on any atom is 0.187 e. The highest BCUT2D eigenvalue weighted by molar-refractivity contribution is 5.16. The van der Waals surface area contributed by atoms with Crippen LogP contribution in [0.2, 0.25) is 0 Å². The molecule has 7 aliphatic heterocycles. The van der Waals surface area contributed by atoms with E-state index in [9.17, 15) is 112 Å². The van der Waals surface area contributed by atoms with Gasteiger partial charge in [-0.25, -0.2) is 0 Å². The van der Waals surface area contributed by atoms with Gasteiger partial charge in [0.15, 0.2) is 43.5 Å². The van der Waals surface area contributed by atoms with Crippen molar-refractivity contribution in [2.24, 2.45) is 52.3 Å². The van der Waals surface area contributed by atoms with E-state index in [4.69, 9.17) is 61.6 Å². The van der Waals surface area contributed by atoms with Crippen LogP contribution < -0.4 is 0 Å². The second kappa shape index (κ2) is 31.2. The van der Waals surface area contributed by atoms with Crippen LogP contribution in [0.1, 0.15) is 85.5 Å². The Balaban J connectivity index is 0.725. The summed E-state index contributed by atoms with van der Waals surface area (Å²) in [6, 6.07) is 0. The molecule has 7 saturated heterocycles. The fourth-order valence-electron chi connectivity index (χ4n) is 18.6. The van der Waals surface area contributed by atoms with E-state index in [0.29, 0.717) is 25.7 Å². The maximum absolute atomic E-state index is 12.2. The predicted molar refractivity (Wildman–Crippen MR) is 318 cm³/mol. The van der Waals surface area contributed by atoms with Gasteiger partial charge in [0.1, 0.15) is 146 Å². The fraction of sp³-hybridized carbons (Fsp3) is 1.00. The molecule has 7 heterocycles. The maximum atomic E-state index is 12.2. The zero-order chi connectivity index (χ0) is 71.1. The van der Waals surface area contributed by atoms with Gasteiger partial charge >= 0.3 is 0 Å². The molecule has 11 aliphatic rings. The second-order valence-electron chi connectivity index (χ2n) is 30.0. The summed E-state index contributed by atoms with van der Waals surface area (Å²) >= 11 is 0. The van der Waals surface area contributed by atoms with Gasteiger partial charge in [0.05, 0.1) is 64.6 Å². The predicted octanol–water partition coefficient (Wildman–Crippen LogP) is -9.34. The highest BCUT2D eigenvalue weighted by atomic mass is 16.8. The lowest BCUT2D eigenvalue weighted by Crippen LogP contribution is -2.69. The Bertz CT molecular complexity index is 2550. The summed E-state index contributed by atoms with van der Waals surface area (Å²) < 4.78 is 77.3. The minimum atomic E-state index is -2.23. The van der Waals surface area contributed by atoms with Crippen molar-refractivity contribution in [1.29, 1.82) is 0 Å². The van der Waals surface area contributed by atoms with E-state index >= 15 is 0 Å². The van der Waals surface area contributed by atoms with Crippen LogP contribution in [-0.2, 0) is 61.6 Å². The number of hydrogen-bond donors (Lipinski definition) is 22. The normalized spacial score (nSPS) is 55.5. The van der Waals surface area contributed by atoms with E-state index in [1.54, 1.807) is 0 Å². The SMILES string of the molecule is C[C@H](CC[C@@]1(O)O[C@H]2C[C@H]3[C@@H]4CC[C@H]5C[C@@H](O[C@@H]6O[C@H](CO)[C@@H](O)[C@H](O[C@@H]7O[C@H](CO)[C@H](O[C@@H]8O[C@H](CO)[C@@H](O)[C@H](O[C@@H]9O[C@H](CO)[C@@H](O)[C@H](O)[C@H]9O)[C@H]8O[C@@H]8O[C@H](CO)[C@@H](O)[C@H](O)[C@H]8O)[C@H](O)[C@H]7O)[C@H]6O)[C@H](O)C[C@]5(C)[C@H]4CC[C@]3(C)[C@H]2[C@@H]1C)CO[C@@H]1O[C@H](CO)[C@@H](O)[C@H](O)[C@H]1O. The first-order chi connectivity index (χ1) is 46.4. The van der Waals surface area contributed by atoms with Crippen molar-refractivity contribution >= 4 is 0 Å². The number of fused-ring (bicyclic) bond motifs is 7. The van der Waals surface area contributed by atoms with Gasteiger partial charge in [-0.1, -0.05) is 27.7 Å². The minimum Gasteiger partial charge on any atom is -0.394 e. The van der Waals surface area contributed by atoms with Crippen molar-refractivity contribution in [3.63, 3.8) is 0 Å². The first-order valence-electron chi connectivity index (χ1n) is 34.5. The average molecular weight is 1420 g/mol. The summed E-state index contributed by atoms with van der Waals surface area (Å²) in [5.41, 5.74) is -0.509. The molecule has 98 heavy (non-hydrogen) atoms. The lowest BCUT2D eigenvalue weighted by Gasteiger charge is -2.62. The molecule has 0 bridgehead atoms. The molecule has 43 atom stereocenters. The number of hydrogen-bond acceptors (Lipinski definition) is 35. The Morgan fingerprint density at radius 1 is 0.429 bits per heavy atom. The Labute approximate surface area is 564 Å². The van der Waals surface area contributed by atoms with Crippen molar-refractivity contribution in [3.8, 4) is 0 Å². The standard InChI is InChI=1S/C63H106O35/c1-21(20-86-55-46(80)42(76)37(71)30(14-64)88-55)7-10-63(85)22(2)36-29(98-63)12-26-24-6-5-23-11-28(27(70)13-62(23,4)25(24)8-9-61(26,36)3)87-59-50(84)52(40(74)33(17-67)91-59)95-58-49(83)45(79)51(35(19-69)93-58)94-60-54(97-57-48(82)44(78)39(73)32(16-66)90-57)53(41(75)34(18-68)92-60)96-56-47(81)43(77)38(72)31(15-65)89-56/h21-60,64-85H,5-20H2,1-4H3/t21-,22+,23+,24-,25+,26+,27-,28-,29+,30-,31-,32-,33-,34-,35-,36+,37-,38-,39-,40-,41-,42+,43+,44+,45-,46-,47-,48-,49-,50-,51+,52+,53+,54-,55-,56+,57+,58+,59-,60+,61+,62+,63-/m1/s1. The molecule has 4 saturated carbocycles. The first-order valence-corrected chi connectivity index (χ1v) is 34.5. The smallest absolute Gasteiger partial charge is 0.187 e. The van der Waals surface area contributed by atoms with Crippen molar-refractivity contribution in [2.45, 2.75) is 294 Å². The molecule has 0 aromatic carbocycles. The molecule has 0 radical (unpaired) electrons. The van der Waals surface area contributed by atoms with Crippen molar-refractivity contribution < 1.29 is 174 Å². The van der Waals surface area contributed by atoms with E-state index in [0.717, 1.165) is 32.1 Å². The molecule has 11 rings (SSSR count). The molecular weight excluding hydrogens is 1320 g/mol. The fourth-order valence-corrected chi connectivity index (χ4v) is 18.6. The van der Waals surface area contributed by atoms with Crippen LogP contribution in [0, 0.1) is 52.3 Å². The summed E-state index contributed by atoms with van der Waals surface area (Å²) in [4.78, 5) is 0. The van der Waals surface area contributed by atoms with Gasteiger partial charge in [0.2, 0.25) is 0 Å². The average Bonchev–Trinajstić information content (AvgIpc) is 1.50. The van der Waals surface area contributed by atoms with Gasteiger partial charge in [0, 0.05) is 12.3 Å². The lowest BCUT2D eigenvalue weighted by molar-refractivity contribution is -0.409. The Morgan fingerprint density at radius 2 is 0.878 bits per heavy atom. The number of rotatable bonds is 22. The molecule has 0 amide bonds. The molecule has 35 heteroatoms. The summed E-state index contributed by atoms with van der Waals surface area (Å²) in [5, 5.41) is 240. The summed E-state index contributed by atoms with van der Waals surface area (Å²) in [6.45, 7) is 3.20. The second-order valence-corrected chi connectivity index (χ2v) is 30.0. The number of aliphatic hydroxyl groups excluding tert-OH is 21. The van der Waals surface area contributed by atoms with Crippen molar-refractivity contribution in [3.05, 3.63) is 0 Å². The molecule has 0 unspecified atom stereocenters. The zero-order valence-corrected chi connectivity index (χ0v) is 55.1. The molecule has 4 aliphatic carbocycles.